The summed E-state index contributed by atoms with van der Waals surface area (Å²) >= 11 is 6.11. The van der Waals surface area contributed by atoms with E-state index in [0.29, 0.717) is 47.3 Å². The fraction of sp³-hybridized carbons (Fsp3) is 0.409. The van der Waals surface area contributed by atoms with E-state index in [1.54, 1.807) is 18.2 Å². The Hall–Kier alpha value is -2.09. The molecule has 162 valence electrons. The number of halogens is 1. The summed E-state index contributed by atoms with van der Waals surface area (Å²) in [5.41, 5.74) is 3.14. The van der Waals surface area contributed by atoms with Crippen LogP contribution in [-0.2, 0) is 14.8 Å². The number of methoxy groups -OCH3 is 1. The maximum Gasteiger partial charge on any atom is 0.243 e. The van der Waals surface area contributed by atoms with Crippen LogP contribution in [0.3, 0.4) is 0 Å². The lowest BCUT2D eigenvalue weighted by atomic mass is 9.97. The van der Waals surface area contributed by atoms with Gasteiger partial charge in [0.1, 0.15) is 5.75 Å². The van der Waals surface area contributed by atoms with Crippen LogP contribution in [0, 0.1) is 26.7 Å². The first-order valence-corrected chi connectivity index (χ1v) is 11.7. The first-order chi connectivity index (χ1) is 14.1. The van der Waals surface area contributed by atoms with Gasteiger partial charge < -0.3 is 10.1 Å². The van der Waals surface area contributed by atoms with E-state index in [2.05, 4.69) is 5.32 Å². The number of nitrogens with one attached hydrogen (secondary N) is 1. The van der Waals surface area contributed by atoms with E-state index in [0.717, 1.165) is 16.7 Å². The molecule has 0 atom stereocenters. The highest BCUT2D eigenvalue weighted by atomic mass is 35.5. The average Bonchev–Trinajstić information content (AvgIpc) is 2.67. The zero-order chi connectivity index (χ0) is 22.1. The molecule has 0 bridgehead atoms. The second-order valence-corrected chi connectivity index (χ2v) is 10.0. The fourth-order valence-corrected chi connectivity index (χ4v) is 6.19. The van der Waals surface area contributed by atoms with E-state index < -0.39 is 10.0 Å². The molecular weight excluding hydrogens is 424 g/mol. The van der Waals surface area contributed by atoms with Crippen LogP contribution in [0.25, 0.3) is 0 Å². The number of ether oxygens (including phenoxy) is 1. The molecule has 3 rings (SSSR count). The third kappa shape index (κ3) is 4.63. The van der Waals surface area contributed by atoms with Crippen molar-refractivity contribution in [2.24, 2.45) is 5.92 Å². The van der Waals surface area contributed by atoms with Crippen LogP contribution in [0.15, 0.2) is 35.2 Å². The third-order valence-corrected chi connectivity index (χ3v) is 7.95. The highest BCUT2D eigenvalue weighted by Crippen LogP contribution is 2.30. The first-order valence-electron chi connectivity index (χ1n) is 9.86. The summed E-state index contributed by atoms with van der Waals surface area (Å²) in [6, 6.07) is 8.84. The van der Waals surface area contributed by atoms with Crippen molar-refractivity contribution in [3.05, 3.63) is 52.0 Å². The fourth-order valence-electron chi connectivity index (χ4n) is 4.05. The number of amides is 1. The molecule has 0 aromatic heterocycles. The van der Waals surface area contributed by atoms with Gasteiger partial charge in [0.2, 0.25) is 15.9 Å². The van der Waals surface area contributed by atoms with Gasteiger partial charge >= 0.3 is 0 Å². The second-order valence-electron chi connectivity index (χ2n) is 7.74. The minimum Gasteiger partial charge on any atom is -0.495 e. The molecule has 0 aliphatic carbocycles. The van der Waals surface area contributed by atoms with E-state index in [9.17, 15) is 13.2 Å². The van der Waals surface area contributed by atoms with E-state index >= 15 is 0 Å². The number of hydrogen-bond acceptors (Lipinski definition) is 4. The first kappa shape index (κ1) is 22.6. The number of hydrogen-bond donors (Lipinski definition) is 1. The largest absolute Gasteiger partial charge is 0.495 e. The van der Waals surface area contributed by atoms with Crippen molar-refractivity contribution >= 4 is 33.2 Å². The molecule has 1 saturated heterocycles. The van der Waals surface area contributed by atoms with E-state index in [-0.39, 0.29) is 11.8 Å². The molecule has 1 aliphatic rings. The Morgan fingerprint density at radius 2 is 1.70 bits per heavy atom. The van der Waals surface area contributed by atoms with Crippen molar-refractivity contribution in [2.45, 2.75) is 38.5 Å². The van der Waals surface area contributed by atoms with Crippen LogP contribution in [0.5, 0.6) is 5.75 Å². The summed E-state index contributed by atoms with van der Waals surface area (Å²) in [6.45, 7) is 6.24. The van der Waals surface area contributed by atoms with Gasteiger partial charge in [0.05, 0.1) is 17.0 Å². The SMILES string of the molecule is COc1ccc(NC(=O)C2CCN(S(=O)(=O)c3c(C)cc(C)cc3C)CC2)cc1Cl. The molecule has 2 aromatic rings. The normalized spacial score (nSPS) is 15.8. The van der Waals surface area contributed by atoms with Crippen molar-refractivity contribution in [1.29, 1.82) is 0 Å². The highest BCUT2D eigenvalue weighted by molar-refractivity contribution is 7.89. The van der Waals surface area contributed by atoms with Crippen LogP contribution >= 0.6 is 11.6 Å². The summed E-state index contributed by atoms with van der Waals surface area (Å²) in [4.78, 5) is 13.0. The highest BCUT2D eigenvalue weighted by Gasteiger charge is 2.33. The molecule has 0 saturated carbocycles. The van der Waals surface area contributed by atoms with Crippen LogP contribution in [0.2, 0.25) is 5.02 Å². The van der Waals surface area contributed by atoms with Gasteiger partial charge in [0.15, 0.2) is 0 Å². The Bertz CT molecular complexity index is 1040. The number of carbonyl (C=O) groups excluding carboxylic acids is 1. The monoisotopic (exact) mass is 450 g/mol. The van der Waals surface area contributed by atoms with Crippen LogP contribution in [0.1, 0.15) is 29.5 Å². The topological polar surface area (TPSA) is 75.7 Å². The minimum absolute atomic E-state index is 0.129. The molecule has 0 spiro atoms. The molecule has 30 heavy (non-hydrogen) atoms. The zero-order valence-electron chi connectivity index (χ0n) is 17.7. The molecule has 0 radical (unpaired) electrons. The molecule has 2 aromatic carbocycles. The molecule has 6 nitrogen and oxygen atoms in total. The molecule has 0 unspecified atom stereocenters. The predicted octanol–water partition coefficient (Wildman–Crippen LogP) is 4.31. The van der Waals surface area contributed by atoms with Gasteiger partial charge in [-0.05, 0) is 62.9 Å². The van der Waals surface area contributed by atoms with Gasteiger partial charge in [0, 0.05) is 24.7 Å². The van der Waals surface area contributed by atoms with Gasteiger partial charge in [-0.3, -0.25) is 4.79 Å². The quantitative estimate of drug-likeness (QED) is 0.736. The van der Waals surface area contributed by atoms with Crippen LogP contribution in [-0.4, -0.2) is 38.8 Å². The van der Waals surface area contributed by atoms with Crippen LogP contribution < -0.4 is 10.1 Å². The van der Waals surface area contributed by atoms with Crippen molar-refractivity contribution in [3.63, 3.8) is 0 Å². The smallest absolute Gasteiger partial charge is 0.243 e. The van der Waals surface area contributed by atoms with Crippen molar-refractivity contribution in [2.75, 3.05) is 25.5 Å². The second kappa shape index (κ2) is 8.96. The van der Waals surface area contributed by atoms with Gasteiger partial charge in [-0.1, -0.05) is 29.3 Å². The zero-order valence-corrected chi connectivity index (χ0v) is 19.2. The lowest BCUT2D eigenvalue weighted by Crippen LogP contribution is -2.41. The Kier molecular flexibility index (Phi) is 6.75. The third-order valence-electron chi connectivity index (χ3n) is 5.45. The Morgan fingerprint density at radius 1 is 1.10 bits per heavy atom. The van der Waals surface area contributed by atoms with Crippen molar-refractivity contribution in [3.8, 4) is 5.75 Å². The lowest BCUT2D eigenvalue weighted by Gasteiger charge is -2.31. The number of carbonyl (C=O) groups is 1. The van der Waals surface area contributed by atoms with E-state index in [1.165, 1.54) is 11.4 Å². The summed E-state index contributed by atoms with van der Waals surface area (Å²) in [5.74, 6) is 0.156. The Labute approximate surface area is 183 Å². The molecule has 1 heterocycles. The van der Waals surface area contributed by atoms with Crippen LogP contribution in [0.4, 0.5) is 5.69 Å². The van der Waals surface area contributed by atoms with Gasteiger partial charge in [-0.25, -0.2) is 8.42 Å². The number of rotatable bonds is 5. The number of nitrogens with zero attached hydrogens (tertiary/aromatic N) is 1. The number of benzene rings is 2. The number of aryl methyl sites for hydroxylation is 3. The van der Waals surface area contributed by atoms with Crippen molar-refractivity contribution in [1.82, 2.24) is 4.31 Å². The lowest BCUT2D eigenvalue weighted by molar-refractivity contribution is -0.120. The maximum absolute atomic E-state index is 13.2. The molecule has 1 N–H and O–H groups in total. The van der Waals surface area contributed by atoms with Gasteiger partial charge in [-0.2, -0.15) is 4.31 Å². The maximum atomic E-state index is 13.2. The Balaban J connectivity index is 1.67. The predicted molar refractivity (Wildman–Crippen MR) is 119 cm³/mol. The standard InChI is InChI=1S/C22H27ClN2O4S/c1-14-11-15(2)21(16(3)12-14)30(27,28)25-9-7-17(8-10-25)22(26)24-18-5-6-20(29-4)19(23)13-18/h5-6,11-13,17H,7-10H2,1-4H3,(H,24,26). The number of piperidine rings is 1. The summed E-state index contributed by atoms with van der Waals surface area (Å²) in [7, 11) is -2.06. The van der Waals surface area contributed by atoms with Gasteiger partial charge in [-0.15, -0.1) is 0 Å². The number of sulfonamides is 1. The molecule has 1 aliphatic heterocycles. The summed E-state index contributed by atoms with van der Waals surface area (Å²) in [5, 5.41) is 3.28. The summed E-state index contributed by atoms with van der Waals surface area (Å²) < 4.78 is 33.0. The van der Waals surface area contributed by atoms with Crippen molar-refractivity contribution < 1.29 is 17.9 Å². The molecule has 1 amide bonds. The van der Waals surface area contributed by atoms with E-state index in [1.807, 2.05) is 32.9 Å². The minimum atomic E-state index is -3.59. The molecule has 1 fully saturated rings. The molecule has 8 heteroatoms. The van der Waals surface area contributed by atoms with E-state index in [4.69, 9.17) is 16.3 Å². The Morgan fingerprint density at radius 3 is 2.23 bits per heavy atom. The molecular formula is C22H27ClN2O4S. The number of anilines is 1. The average molecular weight is 451 g/mol. The summed E-state index contributed by atoms with van der Waals surface area (Å²) in [6.07, 6.45) is 0.942. The van der Waals surface area contributed by atoms with Gasteiger partial charge in [0.25, 0.3) is 0 Å².